The minimum atomic E-state index is -2.62. The molecule has 2 aromatic carbocycles. The van der Waals surface area contributed by atoms with E-state index in [0.717, 1.165) is 8.04 Å². The van der Waals surface area contributed by atoms with Crippen LogP contribution in [0.2, 0.25) is 5.02 Å². The minimum absolute atomic E-state index is 0.0407. The van der Waals surface area contributed by atoms with Crippen LogP contribution in [0.3, 0.4) is 0 Å². The van der Waals surface area contributed by atoms with Crippen LogP contribution in [0.15, 0.2) is 46.9 Å². The summed E-state index contributed by atoms with van der Waals surface area (Å²) in [5, 5.41) is 0.473. The topological polar surface area (TPSA) is 46.6 Å². The molecular formula is C17H14BrClINO3. The van der Waals surface area contributed by atoms with E-state index in [1.165, 1.54) is 0 Å². The molecule has 2 aromatic rings. The Morgan fingerprint density at radius 3 is 2.67 bits per heavy atom. The number of fused-ring (bicyclic) bond motifs is 1. The third-order valence-corrected chi connectivity index (χ3v) is 9.33. The number of benzene rings is 2. The van der Waals surface area contributed by atoms with Crippen LogP contribution in [0, 0.1) is 3.57 Å². The van der Waals surface area contributed by atoms with Crippen LogP contribution in [0.4, 0.5) is 0 Å². The summed E-state index contributed by atoms with van der Waals surface area (Å²) < 4.78 is 9.21. The van der Waals surface area contributed by atoms with Crippen LogP contribution in [-0.4, -0.2) is 21.0 Å². The second kappa shape index (κ2) is 7.01. The van der Waals surface area contributed by atoms with Crippen molar-refractivity contribution in [2.45, 2.75) is 19.9 Å². The van der Waals surface area contributed by atoms with Gasteiger partial charge in [-0.15, -0.1) is 0 Å². The van der Waals surface area contributed by atoms with Crippen molar-refractivity contribution in [2.24, 2.45) is 0 Å². The Bertz CT molecular complexity index is 827. The van der Waals surface area contributed by atoms with E-state index in [2.05, 4.69) is 15.9 Å². The third-order valence-electron chi connectivity index (χ3n) is 3.35. The fraction of sp³-hybridized carbons (Fsp3) is 0.176. The number of carbonyl (C=O) groups excluding carboxylic acids is 2. The van der Waals surface area contributed by atoms with Gasteiger partial charge in [-0.2, -0.15) is 0 Å². The molecule has 1 aliphatic rings. The van der Waals surface area contributed by atoms with E-state index in [4.69, 9.17) is 14.7 Å². The van der Waals surface area contributed by atoms with Gasteiger partial charge in [-0.1, -0.05) is 0 Å². The van der Waals surface area contributed by atoms with Crippen LogP contribution in [-0.2, 0) is 3.07 Å². The molecule has 24 heavy (non-hydrogen) atoms. The average molecular weight is 523 g/mol. The molecule has 0 spiro atoms. The Hall–Kier alpha value is -1.12. The zero-order valence-corrected chi connectivity index (χ0v) is 17.4. The molecule has 0 saturated carbocycles. The molecule has 0 aliphatic carbocycles. The molecule has 1 amide bonds. The predicted octanol–water partition coefficient (Wildman–Crippen LogP) is 5.33. The molecule has 0 radical (unpaired) electrons. The van der Waals surface area contributed by atoms with Crippen molar-refractivity contribution in [3.8, 4) is 0 Å². The van der Waals surface area contributed by atoms with E-state index in [9.17, 15) is 9.59 Å². The van der Waals surface area contributed by atoms with Crippen molar-refractivity contribution in [2.75, 3.05) is 0 Å². The molecule has 0 aromatic heterocycles. The summed E-state index contributed by atoms with van der Waals surface area (Å²) in [6.45, 7) is 3.85. The standard InChI is InChI=1S/C17H14BrClINO3/c1-10(2)21-16(22)14-9-12(18)6-7-15(14)20(21)24-17(23)11-4-3-5-13(19)8-11/h3-10H,1-2H3. The zero-order chi connectivity index (χ0) is 17.4. The Labute approximate surface area is 161 Å². The fourth-order valence-electron chi connectivity index (χ4n) is 2.30. The summed E-state index contributed by atoms with van der Waals surface area (Å²) in [7, 11) is 0. The van der Waals surface area contributed by atoms with E-state index in [0.29, 0.717) is 16.1 Å². The normalized spacial score (nSPS) is 15.0. The molecule has 3 rings (SSSR count). The van der Waals surface area contributed by atoms with Crippen LogP contribution < -0.4 is 0 Å². The predicted molar refractivity (Wildman–Crippen MR) is 105 cm³/mol. The van der Waals surface area contributed by atoms with E-state index in [1.807, 2.05) is 26.0 Å². The molecule has 0 fully saturated rings. The quantitative estimate of drug-likeness (QED) is 0.405. The van der Waals surface area contributed by atoms with Gasteiger partial charge in [-0.3, -0.25) is 0 Å². The number of amides is 1. The van der Waals surface area contributed by atoms with Crippen molar-refractivity contribution in [1.82, 2.24) is 3.11 Å². The Kier molecular flexibility index (Phi) is 5.17. The Morgan fingerprint density at radius 2 is 2.00 bits per heavy atom. The maximum absolute atomic E-state index is 12.7. The zero-order valence-electron chi connectivity index (χ0n) is 12.9. The van der Waals surface area contributed by atoms with Crippen LogP contribution in [0.25, 0.3) is 0 Å². The molecule has 0 saturated heterocycles. The number of rotatable bonds is 3. The molecule has 1 heterocycles. The summed E-state index contributed by atoms with van der Waals surface area (Å²) in [5.41, 5.74) is 1.00. The monoisotopic (exact) mass is 521 g/mol. The summed E-state index contributed by atoms with van der Waals surface area (Å²) in [4.78, 5) is 25.2. The van der Waals surface area contributed by atoms with Crippen molar-refractivity contribution in [1.29, 1.82) is 0 Å². The SMILES string of the molecule is CC(C)N1C(=O)c2cc(Br)ccc2I1OC(=O)c1cccc(Cl)c1. The van der Waals surface area contributed by atoms with Gasteiger partial charge in [0.15, 0.2) is 0 Å². The third kappa shape index (κ3) is 3.32. The van der Waals surface area contributed by atoms with Crippen LogP contribution >= 0.6 is 48.0 Å². The van der Waals surface area contributed by atoms with E-state index in [-0.39, 0.29) is 11.9 Å². The van der Waals surface area contributed by atoms with Gasteiger partial charge in [0.05, 0.1) is 0 Å². The van der Waals surface area contributed by atoms with Crippen molar-refractivity contribution >= 4 is 59.9 Å². The number of halogens is 3. The fourth-order valence-corrected chi connectivity index (χ4v) is 7.54. The summed E-state index contributed by atoms with van der Waals surface area (Å²) >= 11 is 6.72. The summed E-state index contributed by atoms with van der Waals surface area (Å²) in [6, 6.07) is 12.1. The summed E-state index contributed by atoms with van der Waals surface area (Å²) in [6.07, 6.45) is 0. The van der Waals surface area contributed by atoms with Gasteiger partial charge in [-0.25, -0.2) is 0 Å². The molecule has 1 aliphatic heterocycles. The number of carbonyl (C=O) groups is 2. The van der Waals surface area contributed by atoms with Crippen molar-refractivity contribution < 1.29 is 12.7 Å². The van der Waals surface area contributed by atoms with Crippen molar-refractivity contribution in [3.05, 3.63) is 66.7 Å². The second-order valence-corrected chi connectivity index (χ2v) is 10.8. The van der Waals surface area contributed by atoms with Gasteiger partial charge in [0.25, 0.3) is 0 Å². The molecule has 126 valence electrons. The number of hydrogen-bond acceptors (Lipinski definition) is 3. The first-order chi connectivity index (χ1) is 11.4. The number of hydrogen-bond donors (Lipinski definition) is 0. The molecule has 0 unspecified atom stereocenters. The van der Waals surface area contributed by atoms with Gasteiger partial charge in [-0.05, 0) is 0 Å². The van der Waals surface area contributed by atoms with Gasteiger partial charge in [0.1, 0.15) is 0 Å². The van der Waals surface area contributed by atoms with Gasteiger partial charge < -0.3 is 0 Å². The maximum atomic E-state index is 12.7. The molecule has 4 nitrogen and oxygen atoms in total. The molecule has 0 atom stereocenters. The summed E-state index contributed by atoms with van der Waals surface area (Å²) in [5.74, 6) is -0.526. The molecule has 7 heteroatoms. The van der Waals surface area contributed by atoms with Gasteiger partial charge in [0, 0.05) is 0 Å². The molecule has 0 bridgehead atoms. The Morgan fingerprint density at radius 1 is 1.25 bits per heavy atom. The second-order valence-electron chi connectivity index (χ2n) is 5.44. The van der Waals surface area contributed by atoms with Gasteiger partial charge in [0.2, 0.25) is 0 Å². The average Bonchev–Trinajstić information content (AvgIpc) is 2.79. The van der Waals surface area contributed by atoms with Gasteiger partial charge >= 0.3 is 162 Å². The first-order valence-corrected chi connectivity index (χ1v) is 11.3. The van der Waals surface area contributed by atoms with E-state index >= 15 is 0 Å². The number of nitrogens with zero attached hydrogens (tertiary/aromatic N) is 1. The van der Waals surface area contributed by atoms with Crippen LogP contribution in [0.5, 0.6) is 0 Å². The molecular weight excluding hydrogens is 508 g/mol. The van der Waals surface area contributed by atoms with Crippen LogP contribution in [0.1, 0.15) is 34.6 Å². The van der Waals surface area contributed by atoms with E-state index in [1.54, 1.807) is 33.4 Å². The van der Waals surface area contributed by atoms with Crippen molar-refractivity contribution in [3.63, 3.8) is 0 Å². The first kappa shape index (κ1) is 17.7. The first-order valence-electron chi connectivity index (χ1n) is 7.20. The Balaban J connectivity index is 1.96. The molecule has 0 N–H and O–H groups in total. The van der Waals surface area contributed by atoms with E-state index < -0.39 is 26.5 Å².